The van der Waals surface area contributed by atoms with Crippen molar-refractivity contribution in [2.75, 3.05) is 19.8 Å². The average molecular weight is 134 g/mol. The molecule has 54 valence electrons. The number of hydrogen-bond acceptors (Lipinski definition) is 2. The van der Waals surface area contributed by atoms with Crippen molar-refractivity contribution in [3.63, 3.8) is 0 Å². The van der Waals surface area contributed by atoms with Gasteiger partial charge < -0.3 is 9.84 Å². The summed E-state index contributed by atoms with van der Waals surface area (Å²) in [4.78, 5) is 0. The van der Waals surface area contributed by atoms with E-state index in [1.807, 2.05) is 0 Å². The molecule has 0 amide bonds. The monoisotopic (exact) mass is 134 g/mol. The van der Waals surface area contributed by atoms with Crippen molar-refractivity contribution < 1.29 is 14.2 Å². The van der Waals surface area contributed by atoms with Gasteiger partial charge in [-0.3, -0.25) is 0 Å². The molecule has 0 aromatic rings. The van der Waals surface area contributed by atoms with Crippen LogP contribution in [-0.4, -0.2) is 31.1 Å². The van der Waals surface area contributed by atoms with Crippen LogP contribution in [0.25, 0.3) is 0 Å². The minimum atomic E-state index is -1.08. The Morgan fingerprint density at radius 2 is 2.56 bits per heavy atom. The molecular formula is C6H11FO2. The van der Waals surface area contributed by atoms with Crippen molar-refractivity contribution in [2.24, 2.45) is 5.92 Å². The summed E-state index contributed by atoms with van der Waals surface area (Å²) in [6.45, 7) is 0.751. The summed E-state index contributed by atoms with van der Waals surface area (Å²) >= 11 is 0. The predicted octanol–water partition coefficient (Wildman–Crippen LogP) is 0.353. The number of rotatable bonds is 2. The molecule has 1 N–H and O–H groups in total. The number of hydrogen-bond donors (Lipinski definition) is 1. The molecule has 1 aliphatic heterocycles. The summed E-state index contributed by atoms with van der Waals surface area (Å²) in [5, 5.41) is 8.36. The smallest absolute Gasteiger partial charge is 0.128 e. The molecule has 1 saturated heterocycles. The molecule has 0 unspecified atom stereocenters. The van der Waals surface area contributed by atoms with Gasteiger partial charge in [0.05, 0.1) is 13.2 Å². The SMILES string of the molecule is OC[C@H](F)[C@H]1CCOC1. The van der Waals surface area contributed by atoms with Crippen LogP contribution in [0.3, 0.4) is 0 Å². The molecule has 0 aromatic carbocycles. The molecule has 0 radical (unpaired) electrons. The van der Waals surface area contributed by atoms with Gasteiger partial charge in [0.25, 0.3) is 0 Å². The number of alkyl halides is 1. The number of ether oxygens (including phenoxy) is 1. The number of aliphatic hydroxyl groups excluding tert-OH is 1. The second-order valence-electron chi connectivity index (χ2n) is 2.32. The molecule has 0 spiro atoms. The van der Waals surface area contributed by atoms with Crippen LogP contribution in [-0.2, 0) is 4.74 Å². The summed E-state index contributed by atoms with van der Waals surface area (Å²) in [5.41, 5.74) is 0. The van der Waals surface area contributed by atoms with E-state index in [4.69, 9.17) is 9.84 Å². The van der Waals surface area contributed by atoms with Crippen LogP contribution < -0.4 is 0 Å². The summed E-state index contributed by atoms with van der Waals surface area (Å²) in [6.07, 6.45) is -0.325. The van der Waals surface area contributed by atoms with Crippen LogP contribution in [0.2, 0.25) is 0 Å². The fourth-order valence-electron chi connectivity index (χ4n) is 0.987. The van der Waals surface area contributed by atoms with Crippen molar-refractivity contribution in [1.29, 1.82) is 0 Å². The molecule has 0 bridgehead atoms. The Hall–Kier alpha value is -0.150. The molecule has 3 heteroatoms. The predicted molar refractivity (Wildman–Crippen MR) is 30.9 cm³/mol. The van der Waals surface area contributed by atoms with Gasteiger partial charge in [0, 0.05) is 12.5 Å². The highest BCUT2D eigenvalue weighted by Gasteiger charge is 2.24. The maximum Gasteiger partial charge on any atom is 0.128 e. The minimum absolute atomic E-state index is 0.0602. The van der Waals surface area contributed by atoms with Crippen LogP contribution >= 0.6 is 0 Å². The van der Waals surface area contributed by atoms with Crippen LogP contribution in [0, 0.1) is 5.92 Å². The van der Waals surface area contributed by atoms with Crippen molar-refractivity contribution in [3.05, 3.63) is 0 Å². The Kier molecular flexibility index (Phi) is 2.42. The molecule has 0 aromatic heterocycles. The zero-order valence-corrected chi connectivity index (χ0v) is 5.22. The second-order valence-corrected chi connectivity index (χ2v) is 2.32. The molecule has 1 heterocycles. The van der Waals surface area contributed by atoms with E-state index < -0.39 is 6.17 Å². The lowest BCUT2D eigenvalue weighted by atomic mass is 10.0. The highest BCUT2D eigenvalue weighted by molar-refractivity contribution is 4.71. The summed E-state index contributed by atoms with van der Waals surface area (Å²) in [5.74, 6) is -0.0602. The highest BCUT2D eigenvalue weighted by atomic mass is 19.1. The van der Waals surface area contributed by atoms with Gasteiger partial charge in [0.15, 0.2) is 0 Å². The molecule has 2 atom stereocenters. The van der Waals surface area contributed by atoms with Gasteiger partial charge in [-0.15, -0.1) is 0 Å². The Morgan fingerprint density at radius 3 is 3.00 bits per heavy atom. The van der Waals surface area contributed by atoms with Crippen molar-refractivity contribution in [2.45, 2.75) is 12.6 Å². The zero-order chi connectivity index (χ0) is 6.69. The summed E-state index contributed by atoms with van der Waals surface area (Å²) in [7, 11) is 0. The first-order valence-corrected chi connectivity index (χ1v) is 3.17. The third-order valence-corrected chi connectivity index (χ3v) is 1.65. The van der Waals surface area contributed by atoms with E-state index >= 15 is 0 Å². The quantitative estimate of drug-likeness (QED) is 0.590. The normalized spacial score (nSPS) is 30.7. The van der Waals surface area contributed by atoms with Crippen molar-refractivity contribution >= 4 is 0 Å². The average Bonchev–Trinajstić information content (AvgIpc) is 2.37. The van der Waals surface area contributed by atoms with Gasteiger partial charge >= 0.3 is 0 Å². The maximum atomic E-state index is 12.5. The lowest BCUT2D eigenvalue weighted by molar-refractivity contribution is 0.108. The third-order valence-electron chi connectivity index (χ3n) is 1.65. The lowest BCUT2D eigenvalue weighted by Gasteiger charge is -2.09. The van der Waals surface area contributed by atoms with E-state index in [9.17, 15) is 4.39 Å². The highest BCUT2D eigenvalue weighted by Crippen LogP contribution is 2.18. The van der Waals surface area contributed by atoms with E-state index in [-0.39, 0.29) is 12.5 Å². The zero-order valence-electron chi connectivity index (χ0n) is 5.22. The molecule has 0 aliphatic carbocycles. The largest absolute Gasteiger partial charge is 0.393 e. The molecule has 1 fully saturated rings. The van der Waals surface area contributed by atoms with Crippen molar-refractivity contribution in [3.8, 4) is 0 Å². The Balaban J connectivity index is 2.24. The van der Waals surface area contributed by atoms with E-state index in [0.29, 0.717) is 13.2 Å². The van der Waals surface area contributed by atoms with E-state index in [2.05, 4.69) is 0 Å². The van der Waals surface area contributed by atoms with Crippen LogP contribution in [0.4, 0.5) is 4.39 Å². The first-order chi connectivity index (χ1) is 4.34. The van der Waals surface area contributed by atoms with Crippen LogP contribution in [0.1, 0.15) is 6.42 Å². The van der Waals surface area contributed by atoms with Gasteiger partial charge in [0.1, 0.15) is 6.17 Å². The first kappa shape index (κ1) is 6.96. The molecule has 9 heavy (non-hydrogen) atoms. The molecule has 1 aliphatic rings. The summed E-state index contributed by atoms with van der Waals surface area (Å²) in [6, 6.07) is 0. The van der Waals surface area contributed by atoms with E-state index in [1.54, 1.807) is 0 Å². The minimum Gasteiger partial charge on any atom is -0.393 e. The lowest BCUT2D eigenvalue weighted by Crippen LogP contribution is -2.19. The third kappa shape index (κ3) is 1.63. The van der Waals surface area contributed by atoms with Gasteiger partial charge in [-0.2, -0.15) is 0 Å². The Morgan fingerprint density at radius 1 is 1.78 bits per heavy atom. The first-order valence-electron chi connectivity index (χ1n) is 3.17. The topological polar surface area (TPSA) is 29.5 Å². The van der Waals surface area contributed by atoms with Gasteiger partial charge in [-0.25, -0.2) is 4.39 Å². The second kappa shape index (κ2) is 3.13. The number of halogens is 1. The standard InChI is InChI=1S/C6H11FO2/c7-6(3-8)5-1-2-9-4-5/h5-6,8H,1-4H2/t5-,6-/m0/s1. The molecule has 1 rings (SSSR count). The van der Waals surface area contributed by atoms with Gasteiger partial charge in [0.2, 0.25) is 0 Å². The number of aliphatic hydroxyl groups is 1. The van der Waals surface area contributed by atoms with Gasteiger partial charge in [-0.1, -0.05) is 0 Å². The van der Waals surface area contributed by atoms with Crippen LogP contribution in [0.15, 0.2) is 0 Å². The fourth-order valence-corrected chi connectivity index (χ4v) is 0.987. The van der Waals surface area contributed by atoms with E-state index in [1.165, 1.54) is 0 Å². The molecular weight excluding hydrogens is 123 g/mol. The van der Waals surface area contributed by atoms with Crippen LogP contribution in [0.5, 0.6) is 0 Å². The van der Waals surface area contributed by atoms with E-state index in [0.717, 1.165) is 6.42 Å². The van der Waals surface area contributed by atoms with Gasteiger partial charge in [-0.05, 0) is 6.42 Å². The maximum absolute atomic E-state index is 12.5. The summed E-state index contributed by atoms with van der Waals surface area (Å²) < 4.78 is 17.4. The Bertz CT molecular complexity index is 81.1. The molecule has 0 saturated carbocycles. The Labute approximate surface area is 53.6 Å². The molecule has 2 nitrogen and oxygen atoms in total. The fraction of sp³-hybridized carbons (Fsp3) is 1.00. The van der Waals surface area contributed by atoms with Crippen molar-refractivity contribution in [1.82, 2.24) is 0 Å².